The van der Waals surface area contributed by atoms with Gasteiger partial charge in [0.25, 0.3) is 0 Å². The number of carboxylic acids is 1. The molecule has 3 N–H and O–H groups in total. The number of rotatable bonds is 4. The number of hydrogen-bond acceptors (Lipinski definition) is 4. The van der Waals surface area contributed by atoms with Crippen LogP contribution in [0.4, 0.5) is 4.79 Å². The number of aliphatic carboxylic acids is 1. The van der Waals surface area contributed by atoms with Gasteiger partial charge in [0.1, 0.15) is 6.04 Å². The number of amides is 3. The molecule has 0 spiro atoms. The van der Waals surface area contributed by atoms with Gasteiger partial charge in [-0.15, -0.1) is 0 Å². The molecule has 8 heteroatoms. The number of nitrogens with one attached hydrogen (secondary N) is 2. The van der Waals surface area contributed by atoms with Crippen LogP contribution in [0.1, 0.15) is 25.7 Å². The number of carboxylic acid groups (broad SMARTS) is 1. The van der Waals surface area contributed by atoms with Gasteiger partial charge in [0, 0.05) is 24.4 Å². The molecule has 0 aromatic heterocycles. The Balaban J connectivity index is 1.95. The fraction of sp³-hybridized carbons (Fsp3) is 0.769. The highest BCUT2D eigenvalue weighted by Gasteiger charge is 2.36. The van der Waals surface area contributed by atoms with Crippen molar-refractivity contribution in [2.24, 2.45) is 0 Å². The summed E-state index contributed by atoms with van der Waals surface area (Å²) in [5.74, 6) is -1.48. The van der Waals surface area contributed by atoms with Crippen molar-refractivity contribution in [3.8, 4) is 0 Å². The maximum Gasteiger partial charge on any atom is 0.318 e. The Morgan fingerprint density at radius 3 is 2.86 bits per heavy atom. The molecule has 1 aliphatic heterocycles. The first-order valence-electron chi connectivity index (χ1n) is 7.10. The second-order valence-electron chi connectivity index (χ2n) is 5.42. The Hall–Kier alpha value is -1.44. The van der Waals surface area contributed by atoms with E-state index in [-0.39, 0.29) is 18.5 Å². The average molecular weight is 315 g/mol. The molecular weight excluding hydrogens is 294 g/mol. The lowest BCUT2D eigenvalue weighted by atomic mass is 10.1. The molecule has 0 aromatic rings. The third-order valence-electron chi connectivity index (χ3n) is 4.01. The minimum absolute atomic E-state index is 0.116. The van der Waals surface area contributed by atoms with Gasteiger partial charge in [-0.25, -0.2) is 4.79 Å². The van der Waals surface area contributed by atoms with Gasteiger partial charge in [-0.05, 0) is 25.5 Å². The molecule has 0 bridgehead atoms. The van der Waals surface area contributed by atoms with Crippen molar-refractivity contribution in [2.75, 3.05) is 19.3 Å². The van der Waals surface area contributed by atoms with E-state index >= 15 is 0 Å². The summed E-state index contributed by atoms with van der Waals surface area (Å²) in [5.41, 5.74) is 0. The van der Waals surface area contributed by atoms with Crippen LogP contribution in [0.3, 0.4) is 0 Å². The number of nitrogens with zero attached hydrogens (tertiary/aromatic N) is 1. The molecule has 2 fully saturated rings. The van der Waals surface area contributed by atoms with E-state index in [0.717, 1.165) is 19.3 Å². The van der Waals surface area contributed by atoms with Crippen molar-refractivity contribution < 1.29 is 19.5 Å². The first-order valence-corrected chi connectivity index (χ1v) is 8.39. The molecule has 118 valence electrons. The SMILES string of the molecule is CSC1CCC(NC(=O)N2CCNC(=O)C2CC(=O)O)C1. The minimum atomic E-state index is -1.09. The summed E-state index contributed by atoms with van der Waals surface area (Å²) >= 11 is 1.80. The van der Waals surface area contributed by atoms with Crippen molar-refractivity contribution in [1.29, 1.82) is 0 Å². The van der Waals surface area contributed by atoms with Crippen LogP contribution in [0, 0.1) is 0 Å². The molecule has 2 rings (SSSR count). The van der Waals surface area contributed by atoms with Crippen molar-refractivity contribution in [2.45, 2.75) is 43.0 Å². The smallest absolute Gasteiger partial charge is 0.318 e. The highest BCUT2D eigenvalue weighted by Crippen LogP contribution is 2.28. The van der Waals surface area contributed by atoms with E-state index in [1.54, 1.807) is 11.8 Å². The maximum absolute atomic E-state index is 12.3. The highest BCUT2D eigenvalue weighted by molar-refractivity contribution is 7.99. The average Bonchev–Trinajstić information content (AvgIpc) is 2.88. The van der Waals surface area contributed by atoms with Crippen LogP contribution in [0.5, 0.6) is 0 Å². The molecule has 21 heavy (non-hydrogen) atoms. The van der Waals surface area contributed by atoms with E-state index in [1.807, 2.05) is 0 Å². The topological polar surface area (TPSA) is 98.7 Å². The van der Waals surface area contributed by atoms with Crippen molar-refractivity contribution in [3.05, 3.63) is 0 Å². The normalized spacial score (nSPS) is 29.1. The zero-order valence-electron chi connectivity index (χ0n) is 12.0. The number of piperazine rings is 1. The zero-order chi connectivity index (χ0) is 15.4. The van der Waals surface area contributed by atoms with E-state index in [2.05, 4.69) is 16.9 Å². The molecule has 1 aliphatic carbocycles. The molecule has 3 atom stereocenters. The van der Waals surface area contributed by atoms with Gasteiger partial charge in [0.05, 0.1) is 6.42 Å². The third-order valence-corrected chi connectivity index (χ3v) is 5.10. The maximum atomic E-state index is 12.3. The lowest BCUT2D eigenvalue weighted by molar-refractivity contribution is -0.142. The van der Waals surface area contributed by atoms with Gasteiger partial charge < -0.3 is 20.6 Å². The number of hydrogen-bond donors (Lipinski definition) is 3. The van der Waals surface area contributed by atoms with Gasteiger partial charge in [-0.1, -0.05) is 0 Å². The molecule has 7 nitrogen and oxygen atoms in total. The van der Waals surface area contributed by atoms with E-state index < -0.39 is 17.9 Å². The fourth-order valence-corrected chi connectivity index (χ4v) is 3.67. The highest BCUT2D eigenvalue weighted by atomic mass is 32.2. The summed E-state index contributed by atoms with van der Waals surface area (Å²) in [6.45, 7) is 0.703. The summed E-state index contributed by atoms with van der Waals surface area (Å²) in [5, 5.41) is 15.0. The van der Waals surface area contributed by atoms with Crippen molar-refractivity contribution in [3.63, 3.8) is 0 Å². The van der Waals surface area contributed by atoms with Crippen LogP contribution in [0.25, 0.3) is 0 Å². The van der Waals surface area contributed by atoms with E-state index in [0.29, 0.717) is 18.3 Å². The van der Waals surface area contributed by atoms with Gasteiger partial charge in [-0.2, -0.15) is 11.8 Å². The van der Waals surface area contributed by atoms with Crippen LogP contribution in [0.2, 0.25) is 0 Å². The Morgan fingerprint density at radius 1 is 1.48 bits per heavy atom. The molecule has 1 saturated heterocycles. The second-order valence-corrected chi connectivity index (χ2v) is 6.55. The van der Waals surface area contributed by atoms with Crippen LogP contribution in [-0.4, -0.2) is 64.6 Å². The number of thioether (sulfide) groups is 1. The quantitative estimate of drug-likeness (QED) is 0.691. The van der Waals surface area contributed by atoms with E-state index in [4.69, 9.17) is 5.11 Å². The van der Waals surface area contributed by atoms with Gasteiger partial charge in [-0.3, -0.25) is 9.59 Å². The number of carbonyl (C=O) groups excluding carboxylic acids is 2. The van der Waals surface area contributed by atoms with E-state index in [9.17, 15) is 14.4 Å². The monoisotopic (exact) mass is 315 g/mol. The number of carbonyl (C=O) groups is 3. The molecule has 1 heterocycles. The van der Waals surface area contributed by atoms with Crippen LogP contribution >= 0.6 is 11.8 Å². The summed E-state index contributed by atoms with van der Waals surface area (Å²) in [6, 6.07) is -1.14. The molecule has 0 aromatic carbocycles. The van der Waals surface area contributed by atoms with Gasteiger partial charge in [0.15, 0.2) is 0 Å². The molecule has 2 aliphatic rings. The predicted octanol–water partition coefficient (Wildman–Crippen LogP) is 0.255. The molecule has 0 radical (unpaired) electrons. The van der Waals surface area contributed by atoms with Gasteiger partial charge >= 0.3 is 12.0 Å². The first-order chi connectivity index (χ1) is 10.0. The minimum Gasteiger partial charge on any atom is -0.481 e. The van der Waals surface area contributed by atoms with Crippen LogP contribution in [0.15, 0.2) is 0 Å². The summed E-state index contributed by atoms with van der Waals surface area (Å²) in [7, 11) is 0. The Bertz CT molecular complexity index is 432. The zero-order valence-corrected chi connectivity index (χ0v) is 12.8. The van der Waals surface area contributed by atoms with E-state index in [1.165, 1.54) is 4.90 Å². The lowest BCUT2D eigenvalue weighted by Gasteiger charge is -2.35. The van der Waals surface area contributed by atoms with Crippen LogP contribution < -0.4 is 10.6 Å². The number of urea groups is 1. The predicted molar refractivity (Wildman–Crippen MR) is 79.2 cm³/mol. The Kier molecular flexibility index (Phi) is 5.33. The Labute approximate surface area is 127 Å². The third kappa shape index (κ3) is 4.03. The first kappa shape index (κ1) is 15.9. The largest absolute Gasteiger partial charge is 0.481 e. The standard InChI is InChI=1S/C13H21N3O4S/c1-21-9-3-2-8(6-9)15-13(20)16-5-4-14-12(19)10(16)7-11(17)18/h8-10H,2-7H2,1H3,(H,14,19)(H,15,20)(H,17,18). The second kappa shape index (κ2) is 7.02. The van der Waals surface area contributed by atoms with Gasteiger partial charge in [0.2, 0.25) is 5.91 Å². The summed E-state index contributed by atoms with van der Waals surface area (Å²) in [6.07, 6.45) is 4.63. The molecule has 3 unspecified atom stereocenters. The summed E-state index contributed by atoms with van der Waals surface area (Å²) < 4.78 is 0. The Morgan fingerprint density at radius 2 is 2.24 bits per heavy atom. The molecule has 1 saturated carbocycles. The summed E-state index contributed by atoms with van der Waals surface area (Å²) in [4.78, 5) is 36.3. The van der Waals surface area contributed by atoms with Crippen molar-refractivity contribution in [1.82, 2.24) is 15.5 Å². The van der Waals surface area contributed by atoms with Crippen molar-refractivity contribution >= 4 is 29.7 Å². The van der Waals surface area contributed by atoms with Crippen LogP contribution in [-0.2, 0) is 9.59 Å². The lowest BCUT2D eigenvalue weighted by Crippen LogP contribution is -2.60. The molecular formula is C13H21N3O4S. The molecule has 3 amide bonds. The fourth-order valence-electron chi connectivity index (χ4n) is 2.87.